The van der Waals surface area contributed by atoms with Gasteiger partial charge in [0.25, 0.3) is 0 Å². The molecule has 0 radical (unpaired) electrons. The Morgan fingerprint density at radius 1 is 0.955 bits per heavy atom. The van der Waals surface area contributed by atoms with Gasteiger partial charge in [0.2, 0.25) is 0 Å². The van der Waals surface area contributed by atoms with E-state index in [4.69, 9.17) is 0 Å². The molecule has 0 amide bonds. The number of benzene rings is 2. The highest BCUT2D eigenvalue weighted by Crippen LogP contribution is 2.36. The van der Waals surface area contributed by atoms with Crippen LogP contribution in [0.15, 0.2) is 41.3 Å². The Labute approximate surface area is 132 Å². The summed E-state index contributed by atoms with van der Waals surface area (Å²) in [5.41, 5.74) is 1.10. The summed E-state index contributed by atoms with van der Waals surface area (Å²) in [7, 11) is 0. The summed E-state index contributed by atoms with van der Waals surface area (Å²) in [6.45, 7) is 4.01. The molecule has 1 aliphatic rings. The van der Waals surface area contributed by atoms with Crippen LogP contribution in [0.5, 0.6) is 5.75 Å². The van der Waals surface area contributed by atoms with E-state index in [2.05, 4.69) is 4.72 Å². The molecule has 1 aliphatic carbocycles. The standard InChI is InChI=1S/C17H15NO3S/c1-9(2)18-22-13-8-4-6-11-15(13)17(21)10-5-3-7-12(19)14(10)16(11)20/h3-9,18-19H,1-2H3. The van der Waals surface area contributed by atoms with Crippen molar-refractivity contribution in [3.05, 3.63) is 58.7 Å². The molecule has 0 aromatic heterocycles. The van der Waals surface area contributed by atoms with Crippen LogP contribution in [-0.4, -0.2) is 22.7 Å². The third-order valence-corrected chi connectivity index (χ3v) is 4.57. The van der Waals surface area contributed by atoms with Crippen molar-refractivity contribution in [2.75, 3.05) is 0 Å². The maximum Gasteiger partial charge on any atom is 0.198 e. The van der Waals surface area contributed by atoms with Gasteiger partial charge in [-0.05, 0) is 37.9 Å². The molecule has 4 nitrogen and oxygen atoms in total. The highest BCUT2D eigenvalue weighted by atomic mass is 32.2. The zero-order valence-corrected chi connectivity index (χ0v) is 13.0. The Hall–Kier alpha value is -2.11. The first-order chi connectivity index (χ1) is 10.5. The van der Waals surface area contributed by atoms with E-state index in [0.717, 1.165) is 4.90 Å². The van der Waals surface area contributed by atoms with Crippen molar-refractivity contribution in [3.8, 4) is 5.75 Å². The lowest BCUT2D eigenvalue weighted by Crippen LogP contribution is -2.23. The Morgan fingerprint density at radius 2 is 1.55 bits per heavy atom. The summed E-state index contributed by atoms with van der Waals surface area (Å²) in [5.74, 6) is -0.691. The molecule has 22 heavy (non-hydrogen) atoms. The fourth-order valence-corrected chi connectivity index (χ4v) is 3.27. The molecule has 0 heterocycles. The molecule has 0 fully saturated rings. The first-order valence-electron chi connectivity index (χ1n) is 6.97. The molecule has 2 aromatic rings. The number of ketones is 2. The minimum atomic E-state index is -0.310. The van der Waals surface area contributed by atoms with Gasteiger partial charge >= 0.3 is 0 Å². The Morgan fingerprint density at radius 3 is 2.23 bits per heavy atom. The summed E-state index contributed by atoms with van der Waals surface area (Å²) in [4.78, 5) is 26.1. The maximum atomic E-state index is 12.8. The van der Waals surface area contributed by atoms with E-state index in [1.54, 1.807) is 24.3 Å². The first-order valence-corrected chi connectivity index (χ1v) is 7.79. The second-order valence-corrected chi connectivity index (χ2v) is 6.29. The zero-order chi connectivity index (χ0) is 15.9. The summed E-state index contributed by atoms with van der Waals surface area (Å²) in [5, 5.41) is 9.92. The molecule has 0 atom stereocenters. The number of phenols is 1. The van der Waals surface area contributed by atoms with Gasteiger partial charge in [0.05, 0.1) is 5.56 Å². The molecule has 0 bridgehead atoms. The van der Waals surface area contributed by atoms with Crippen LogP contribution in [-0.2, 0) is 0 Å². The largest absolute Gasteiger partial charge is 0.507 e. The van der Waals surface area contributed by atoms with E-state index in [9.17, 15) is 14.7 Å². The van der Waals surface area contributed by atoms with Crippen molar-refractivity contribution < 1.29 is 14.7 Å². The molecule has 0 aliphatic heterocycles. The van der Waals surface area contributed by atoms with Gasteiger partial charge in [-0.3, -0.25) is 14.3 Å². The number of carbonyl (C=O) groups is 2. The highest BCUT2D eigenvalue weighted by Gasteiger charge is 2.33. The Bertz CT molecular complexity index is 783. The van der Waals surface area contributed by atoms with E-state index in [1.165, 1.54) is 18.0 Å². The Balaban J connectivity index is 2.15. The van der Waals surface area contributed by atoms with Crippen molar-refractivity contribution in [3.63, 3.8) is 0 Å². The molecular formula is C17H15NO3S. The summed E-state index contributed by atoms with van der Waals surface area (Å²) < 4.78 is 3.19. The molecule has 0 unspecified atom stereocenters. The number of hydrogen-bond donors (Lipinski definition) is 2. The fourth-order valence-electron chi connectivity index (χ4n) is 2.46. The molecule has 2 N–H and O–H groups in total. The molecule has 112 valence electrons. The van der Waals surface area contributed by atoms with Crippen molar-refractivity contribution in [2.24, 2.45) is 0 Å². The van der Waals surface area contributed by atoms with E-state index in [1.807, 2.05) is 19.9 Å². The van der Waals surface area contributed by atoms with Crippen LogP contribution in [0.4, 0.5) is 0 Å². The SMILES string of the molecule is CC(C)NSc1cccc2c1C(=O)c1cccc(O)c1C2=O. The van der Waals surface area contributed by atoms with Crippen LogP contribution in [0.3, 0.4) is 0 Å². The lowest BCUT2D eigenvalue weighted by Gasteiger charge is -2.20. The Kier molecular flexibility index (Phi) is 3.76. The second-order valence-electron chi connectivity index (χ2n) is 5.41. The van der Waals surface area contributed by atoms with Gasteiger partial charge in [-0.2, -0.15) is 0 Å². The van der Waals surface area contributed by atoms with Crippen LogP contribution in [0.25, 0.3) is 0 Å². The predicted octanol–water partition coefficient (Wildman–Crippen LogP) is 3.17. The number of rotatable bonds is 3. The molecule has 0 saturated carbocycles. The summed E-state index contributed by atoms with van der Waals surface area (Å²) >= 11 is 1.34. The minimum Gasteiger partial charge on any atom is -0.507 e. The van der Waals surface area contributed by atoms with Crippen LogP contribution in [0.1, 0.15) is 45.7 Å². The molecular weight excluding hydrogens is 298 g/mol. The molecule has 5 heteroatoms. The molecule has 2 aromatic carbocycles. The third kappa shape index (κ3) is 2.32. The van der Waals surface area contributed by atoms with Crippen LogP contribution in [0.2, 0.25) is 0 Å². The zero-order valence-electron chi connectivity index (χ0n) is 12.2. The predicted molar refractivity (Wildman–Crippen MR) is 85.5 cm³/mol. The van der Waals surface area contributed by atoms with Gasteiger partial charge in [0, 0.05) is 27.6 Å². The fraction of sp³-hybridized carbons (Fsp3) is 0.176. The lowest BCUT2D eigenvalue weighted by molar-refractivity contribution is 0.0974. The minimum absolute atomic E-state index is 0.0963. The average molecular weight is 313 g/mol. The number of fused-ring (bicyclic) bond motifs is 2. The quantitative estimate of drug-likeness (QED) is 0.727. The van der Waals surface area contributed by atoms with E-state index >= 15 is 0 Å². The first kappa shape index (κ1) is 14.8. The van der Waals surface area contributed by atoms with Gasteiger partial charge in [0.1, 0.15) is 5.75 Å². The van der Waals surface area contributed by atoms with Crippen molar-refractivity contribution in [1.29, 1.82) is 0 Å². The normalized spacial score (nSPS) is 13.2. The maximum absolute atomic E-state index is 12.8. The average Bonchev–Trinajstić information content (AvgIpc) is 2.50. The molecule has 3 rings (SSSR count). The number of phenolic OH excluding ortho intramolecular Hbond substituents is 1. The van der Waals surface area contributed by atoms with Crippen LogP contribution in [0, 0.1) is 0 Å². The van der Waals surface area contributed by atoms with E-state index in [-0.39, 0.29) is 34.5 Å². The van der Waals surface area contributed by atoms with Crippen molar-refractivity contribution >= 4 is 23.5 Å². The summed E-state index contributed by atoms with van der Waals surface area (Å²) in [6, 6.07) is 10.0. The van der Waals surface area contributed by atoms with Gasteiger partial charge in [0.15, 0.2) is 11.6 Å². The second kappa shape index (κ2) is 5.59. The monoisotopic (exact) mass is 313 g/mol. The molecule has 0 spiro atoms. The number of nitrogens with one attached hydrogen (secondary N) is 1. The van der Waals surface area contributed by atoms with Crippen LogP contribution < -0.4 is 4.72 Å². The van der Waals surface area contributed by atoms with Gasteiger partial charge in [-0.15, -0.1) is 0 Å². The van der Waals surface area contributed by atoms with Crippen LogP contribution >= 0.6 is 11.9 Å². The lowest BCUT2D eigenvalue weighted by atomic mass is 9.83. The number of aromatic hydroxyl groups is 1. The van der Waals surface area contributed by atoms with Gasteiger partial charge in [-0.1, -0.05) is 24.3 Å². The smallest absolute Gasteiger partial charge is 0.198 e. The van der Waals surface area contributed by atoms with Gasteiger partial charge < -0.3 is 5.11 Å². The van der Waals surface area contributed by atoms with E-state index < -0.39 is 0 Å². The number of carbonyl (C=O) groups excluding carboxylic acids is 2. The summed E-state index contributed by atoms with van der Waals surface area (Å²) in [6.07, 6.45) is 0. The third-order valence-electron chi connectivity index (χ3n) is 3.42. The number of hydrogen-bond acceptors (Lipinski definition) is 5. The van der Waals surface area contributed by atoms with Crippen molar-refractivity contribution in [1.82, 2.24) is 4.72 Å². The van der Waals surface area contributed by atoms with Crippen molar-refractivity contribution in [2.45, 2.75) is 24.8 Å². The highest BCUT2D eigenvalue weighted by molar-refractivity contribution is 7.97. The van der Waals surface area contributed by atoms with E-state index in [0.29, 0.717) is 11.1 Å². The van der Waals surface area contributed by atoms with Gasteiger partial charge in [-0.25, -0.2) is 0 Å². The topological polar surface area (TPSA) is 66.4 Å². The molecule has 0 saturated heterocycles.